The van der Waals surface area contributed by atoms with Crippen LogP contribution in [0.2, 0.25) is 0 Å². The number of nitrogens with zero attached hydrogens (tertiary/aromatic N) is 1. The molecule has 0 bridgehead atoms. The molecule has 0 saturated carbocycles. The van der Waals surface area contributed by atoms with Crippen molar-refractivity contribution in [3.8, 4) is 0 Å². The van der Waals surface area contributed by atoms with Gasteiger partial charge < -0.3 is 5.32 Å². The van der Waals surface area contributed by atoms with Crippen molar-refractivity contribution in [2.75, 3.05) is 23.0 Å². The first-order chi connectivity index (χ1) is 9.43. The number of thioether (sulfide) groups is 2. The topological polar surface area (TPSA) is 40.7 Å². The van der Waals surface area contributed by atoms with E-state index >= 15 is 0 Å². The van der Waals surface area contributed by atoms with E-state index in [9.17, 15) is 0 Å². The molecule has 0 unspecified atom stereocenters. The van der Waals surface area contributed by atoms with Gasteiger partial charge in [-0.3, -0.25) is 5.10 Å². The molecule has 2 aliphatic rings. The minimum Gasteiger partial charge on any atom is -0.307 e. The maximum Gasteiger partial charge on any atom is 0.0794 e. The van der Waals surface area contributed by atoms with Gasteiger partial charge in [0, 0.05) is 41.3 Å². The van der Waals surface area contributed by atoms with Crippen LogP contribution in [0.3, 0.4) is 0 Å². The third-order valence-electron chi connectivity index (χ3n) is 3.96. The molecule has 3 nitrogen and oxygen atoms in total. The third-order valence-corrected chi connectivity index (χ3v) is 6.48. The van der Waals surface area contributed by atoms with Crippen molar-refractivity contribution in [2.24, 2.45) is 0 Å². The highest BCUT2D eigenvalue weighted by atomic mass is 32.2. The normalized spacial score (nSPS) is 21.7. The molecule has 5 heteroatoms. The number of hydrogen-bond acceptors (Lipinski definition) is 4. The number of aromatic nitrogens is 2. The standard InChI is InChI=1S/C14H23N3S2/c1-2-4-12-13(5-3-1)16-17-14(12)8-15-11-9-18-6-7-19-10-11/h11,15H,1-10H2,(H,16,17). The van der Waals surface area contributed by atoms with E-state index in [1.54, 1.807) is 0 Å². The lowest BCUT2D eigenvalue weighted by atomic mass is 10.1. The Labute approximate surface area is 124 Å². The molecule has 1 aromatic heterocycles. The van der Waals surface area contributed by atoms with Gasteiger partial charge in [-0.05, 0) is 31.2 Å². The summed E-state index contributed by atoms with van der Waals surface area (Å²) in [5, 5.41) is 11.5. The Balaban J connectivity index is 1.58. The molecule has 2 heterocycles. The zero-order chi connectivity index (χ0) is 12.9. The molecular formula is C14H23N3S2. The fourth-order valence-corrected chi connectivity index (χ4v) is 5.31. The van der Waals surface area contributed by atoms with Gasteiger partial charge in [0.05, 0.1) is 5.69 Å². The van der Waals surface area contributed by atoms with Crippen LogP contribution < -0.4 is 5.32 Å². The van der Waals surface area contributed by atoms with Crippen molar-refractivity contribution in [3.05, 3.63) is 17.0 Å². The molecule has 1 saturated heterocycles. The fraction of sp³-hybridized carbons (Fsp3) is 0.786. The van der Waals surface area contributed by atoms with Gasteiger partial charge in [-0.25, -0.2) is 0 Å². The largest absolute Gasteiger partial charge is 0.307 e. The summed E-state index contributed by atoms with van der Waals surface area (Å²) in [5.74, 6) is 5.11. The number of aromatic amines is 1. The van der Waals surface area contributed by atoms with Gasteiger partial charge in [0.25, 0.3) is 0 Å². The summed E-state index contributed by atoms with van der Waals surface area (Å²) in [6.45, 7) is 0.942. The summed E-state index contributed by atoms with van der Waals surface area (Å²) in [5.41, 5.74) is 4.19. The Morgan fingerprint density at radius 3 is 2.74 bits per heavy atom. The number of nitrogens with one attached hydrogen (secondary N) is 2. The number of aryl methyl sites for hydroxylation is 1. The van der Waals surface area contributed by atoms with E-state index in [0.29, 0.717) is 6.04 Å². The van der Waals surface area contributed by atoms with E-state index in [1.807, 2.05) is 0 Å². The average molecular weight is 297 g/mol. The summed E-state index contributed by atoms with van der Waals surface area (Å²) in [6, 6.07) is 0.649. The maximum absolute atomic E-state index is 4.55. The van der Waals surface area contributed by atoms with Crippen LogP contribution in [0.25, 0.3) is 0 Å². The van der Waals surface area contributed by atoms with Crippen LogP contribution >= 0.6 is 23.5 Å². The molecule has 1 aliphatic heterocycles. The van der Waals surface area contributed by atoms with Gasteiger partial charge in [0.1, 0.15) is 0 Å². The molecule has 0 amide bonds. The molecule has 0 aromatic carbocycles. The highest BCUT2D eigenvalue weighted by Gasteiger charge is 2.17. The lowest BCUT2D eigenvalue weighted by Gasteiger charge is -2.15. The zero-order valence-corrected chi connectivity index (χ0v) is 13.0. The summed E-state index contributed by atoms with van der Waals surface area (Å²) in [6.07, 6.45) is 6.42. The summed E-state index contributed by atoms with van der Waals surface area (Å²) in [4.78, 5) is 0. The molecule has 1 fully saturated rings. The van der Waals surface area contributed by atoms with E-state index in [2.05, 4.69) is 39.0 Å². The van der Waals surface area contributed by atoms with Crippen LogP contribution in [-0.4, -0.2) is 39.3 Å². The molecule has 1 aliphatic carbocycles. The molecule has 2 N–H and O–H groups in total. The minimum absolute atomic E-state index is 0.649. The third kappa shape index (κ3) is 3.70. The fourth-order valence-electron chi connectivity index (χ4n) is 2.85. The predicted molar refractivity (Wildman–Crippen MR) is 85.1 cm³/mol. The van der Waals surface area contributed by atoms with Crippen LogP contribution in [0.1, 0.15) is 36.2 Å². The van der Waals surface area contributed by atoms with Crippen LogP contribution in [0.15, 0.2) is 0 Å². The van der Waals surface area contributed by atoms with Crippen molar-refractivity contribution in [1.29, 1.82) is 0 Å². The summed E-state index contributed by atoms with van der Waals surface area (Å²) >= 11 is 4.16. The molecule has 0 spiro atoms. The van der Waals surface area contributed by atoms with E-state index in [-0.39, 0.29) is 0 Å². The van der Waals surface area contributed by atoms with Crippen molar-refractivity contribution in [3.63, 3.8) is 0 Å². The predicted octanol–water partition coefficient (Wildman–Crippen LogP) is 2.62. The second kappa shape index (κ2) is 7.04. The van der Waals surface area contributed by atoms with Crippen LogP contribution in [0, 0.1) is 0 Å². The van der Waals surface area contributed by atoms with E-state index in [1.165, 1.54) is 72.1 Å². The molecule has 0 radical (unpaired) electrons. The van der Waals surface area contributed by atoms with Gasteiger partial charge in [0.15, 0.2) is 0 Å². The van der Waals surface area contributed by atoms with Crippen molar-refractivity contribution in [2.45, 2.75) is 44.7 Å². The molecule has 106 valence electrons. The molecular weight excluding hydrogens is 274 g/mol. The molecule has 3 rings (SSSR count). The van der Waals surface area contributed by atoms with E-state index in [4.69, 9.17) is 0 Å². The van der Waals surface area contributed by atoms with Crippen LogP contribution in [-0.2, 0) is 19.4 Å². The zero-order valence-electron chi connectivity index (χ0n) is 11.4. The SMILES string of the molecule is C1CCc2[nH]nc(CNC3CSCCSC3)c2CC1. The lowest BCUT2D eigenvalue weighted by molar-refractivity contribution is 0.590. The Morgan fingerprint density at radius 1 is 1.11 bits per heavy atom. The highest BCUT2D eigenvalue weighted by molar-refractivity contribution is 8.03. The van der Waals surface area contributed by atoms with Gasteiger partial charge in [-0.15, -0.1) is 0 Å². The summed E-state index contributed by atoms with van der Waals surface area (Å²) in [7, 11) is 0. The maximum atomic E-state index is 4.55. The Hall–Kier alpha value is -0.130. The van der Waals surface area contributed by atoms with Gasteiger partial charge in [0.2, 0.25) is 0 Å². The second-order valence-corrected chi connectivity index (χ2v) is 7.72. The lowest BCUT2D eigenvalue weighted by Crippen LogP contribution is -2.33. The minimum atomic E-state index is 0.649. The first-order valence-corrected chi connectivity index (χ1v) is 9.68. The Morgan fingerprint density at radius 2 is 1.89 bits per heavy atom. The molecule has 0 atom stereocenters. The van der Waals surface area contributed by atoms with Crippen molar-refractivity contribution in [1.82, 2.24) is 15.5 Å². The van der Waals surface area contributed by atoms with Gasteiger partial charge in [-0.2, -0.15) is 28.6 Å². The first kappa shape index (κ1) is 13.8. The quantitative estimate of drug-likeness (QED) is 0.842. The molecule has 19 heavy (non-hydrogen) atoms. The number of hydrogen-bond donors (Lipinski definition) is 2. The summed E-state index contributed by atoms with van der Waals surface area (Å²) < 4.78 is 0. The van der Waals surface area contributed by atoms with Crippen molar-refractivity contribution >= 4 is 23.5 Å². The Kier molecular flexibility index (Phi) is 5.13. The van der Waals surface area contributed by atoms with Gasteiger partial charge >= 0.3 is 0 Å². The average Bonchev–Trinajstić information content (AvgIpc) is 2.67. The monoisotopic (exact) mass is 297 g/mol. The first-order valence-electron chi connectivity index (χ1n) is 7.37. The van der Waals surface area contributed by atoms with Crippen molar-refractivity contribution < 1.29 is 0 Å². The number of rotatable bonds is 3. The highest BCUT2D eigenvalue weighted by Crippen LogP contribution is 2.22. The Bertz CT molecular complexity index is 397. The number of H-pyrrole nitrogens is 1. The second-order valence-electron chi connectivity index (χ2n) is 5.42. The molecule has 1 aromatic rings. The van der Waals surface area contributed by atoms with E-state index < -0.39 is 0 Å². The van der Waals surface area contributed by atoms with Crippen LogP contribution in [0.4, 0.5) is 0 Å². The van der Waals surface area contributed by atoms with E-state index in [0.717, 1.165) is 6.54 Å². The smallest absolute Gasteiger partial charge is 0.0794 e. The van der Waals surface area contributed by atoms with Gasteiger partial charge in [-0.1, -0.05) is 6.42 Å². The number of fused-ring (bicyclic) bond motifs is 1. The van der Waals surface area contributed by atoms with Crippen LogP contribution in [0.5, 0.6) is 0 Å².